The van der Waals surface area contributed by atoms with Gasteiger partial charge >= 0.3 is 0 Å². The van der Waals surface area contributed by atoms with Crippen molar-refractivity contribution in [1.82, 2.24) is 25.1 Å². The number of carbonyl (C=O) groups is 1. The van der Waals surface area contributed by atoms with Gasteiger partial charge in [-0.05, 0) is 12.1 Å². The first kappa shape index (κ1) is 24.6. The van der Waals surface area contributed by atoms with Crippen molar-refractivity contribution in [2.75, 3.05) is 46.3 Å². The van der Waals surface area contributed by atoms with Crippen LogP contribution in [-0.4, -0.2) is 71.9 Å². The average Bonchev–Trinajstić information content (AvgIpc) is 3.21. The molecule has 0 aliphatic heterocycles. The third-order valence-corrected chi connectivity index (χ3v) is 5.54. The van der Waals surface area contributed by atoms with E-state index in [9.17, 15) is 4.79 Å². The second kappa shape index (κ2) is 11.7. The van der Waals surface area contributed by atoms with E-state index in [0.717, 1.165) is 11.2 Å². The number of thioether (sulfide) groups is 1. The van der Waals surface area contributed by atoms with E-state index in [1.165, 1.54) is 7.11 Å². The van der Waals surface area contributed by atoms with Crippen LogP contribution in [0.25, 0.3) is 11.0 Å². The predicted molar refractivity (Wildman–Crippen MR) is 129 cm³/mol. The highest BCUT2D eigenvalue weighted by Gasteiger charge is 2.16. The minimum Gasteiger partial charge on any atom is -0.497 e. The van der Waals surface area contributed by atoms with Crippen LogP contribution in [0, 0.1) is 0 Å². The van der Waals surface area contributed by atoms with Crippen molar-refractivity contribution in [3.63, 3.8) is 0 Å². The number of hydrogen-bond donors (Lipinski definition) is 2. The standard InChI is InChI=1S/C22H30N6O4S/c1-14(2)33-22-26-19(23-9-11-30-3)17-13-25-28(20(17)27-22)10-8-24-21(29)16-7-6-15(31-4)12-18(16)32-5/h6-7,12-14H,8-11H2,1-5H3,(H,24,29)(H,23,26,27). The van der Waals surface area contributed by atoms with Gasteiger partial charge in [0.15, 0.2) is 10.8 Å². The lowest BCUT2D eigenvalue weighted by atomic mass is 10.1. The fraction of sp³-hybridized carbons (Fsp3) is 0.455. The Morgan fingerprint density at radius 3 is 2.67 bits per heavy atom. The third kappa shape index (κ3) is 6.26. The molecule has 11 heteroatoms. The number of carbonyl (C=O) groups excluding carboxylic acids is 1. The molecule has 3 aromatic rings. The maximum absolute atomic E-state index is 12.7. The summed E-state index contributed by atoms with van der Waals surface area (Å²) in [6.45, 7) is 6.20. The maximum Gasteiger partial charge on any atom is 0.255 e. The van der Waals surface area contributed by atoms with Crippen LogP contribution in [0.5, 0.6) is 11.5 Å². The van der Waals surface area contributed by atoms with Gasteiger partial charge in [0.2, 0.25) is 0 Å². The number of fused-ring (bicyclic) bond motifs is 1. The van der Waals surface area contributed by atoms with Crippen molar-refractivity contribution in [2.45, 2.75) is 30.8 Å². The lowest BCUT2D eigenvalue weighted by Crippen LogP contribution is -2.28. The Hall–Kier alpha value is -3.05. The van der Waals surface area contributed by atoms with Gasteiger partial charge in [-0.1, -0.05) is 25.6 Å². The molecule has 33 heavy (non-hydrogen) atoms. The molecule has 3 rings (SSSR count). The summed E-state index contributed by atoms with van der Waals surface area (Å²) in [6, 6.07) is 5.08. The summed E-state index contributed by atoms with van der Waals surface area (Å²) in [5.74, 6) is 1.55. The summed E-state index contributed by atoms with van der Waals surface area (Å²) in [4.78, 5) is 22.0. The first-order chi connectivity index (χ1) is 16.0. The monoisotopic (exact) mass is 474 g/mol. The molecule has 0 fully saturated rings. The van der Waals surface area contributed by atoms with E-state index in [2.05, 4.69) is 34.6 Å². The Bertz CT molecular complexity index is 1090. The molecule has 0 saturated carbocycles. The van der Waals surface area contributed by atoms with E-state index in [1.54, 1.807) is 55.1 Å². The highest BCUT2D eigenvalue weighted by molar-refractivity contribution is 7.99. The normalized spacial score (nSPS) is 11.1. The highest BCUT2D eigenvalue weighted by atomic mass is 32.2. The van der Waals surface area contributed by atoms with Gasteiger partial charge in [0.1, 0.15) is 17.3 Å². The van der Waals surface area contributed by atoms with E-state index in [-0.39, 0.29) is 5.91 Å². The van der Waals surface area contributed by atoms with Crippen LogP contribution in [0.1, 0.15) is 24.2 Å². The van der Waals surface area contributed by atoms with Crippen molar-refractivity contribution in [3.05, 3.63) is 30.0 Å². The van der Waals surface area contributed by atoms with Gasteiger partial charge in [-0.3, -0.25) is 4.79 Å². The zero-order valence-corrected chi connectivity index (χ0v) is 20.4. The van der Waals surface area contributed by atoms with Crippen LogP contribution in [0.3, 0.4) is 0 Å². The van der Waals surface area contributed by atoms with Crippen LogP contribution in [0.2, 0.25) is 0 Å². The fourth-order valence-corrected chi connectivity index (χ4v) is 3.83. The minimum absolute atomic E-state index is 0.237. The van der Waals surface area contributed by atoms with Crippen LogP contribution in [0.4, 0.5) is 5.82 Å². The number of nitrogens with one attached hydrogen (secondary N) is 2. The molecule has 178 valence electrons. The molecular formula is C22H30N6O4S. The minimum atomic E-state index is -0.237. The van der Waals surface area contributed by atoms with E-state index in [1.807, 2.05) is 0 Å². The van der Waals surface area contributed by atoms with Gasteiger partial charge in [-0.2, -0.15) is 5.10 Å². The summed E-state index contributed by atoms with van der Waals surface area (Å²) in [7, 11) is 4.74. The molecule has 0 aliphatic rings. The summed E-state index contributed by atoms with van der Waals surface area (Å²) in [6.07, 6.45) is 1.74. The molecule has 0 bridgehead atoms. The van der Waals surface area contributed by atoms with Gasteiger partial charge in [0, 0.05) is 31.5 Å². The molecular weight excluding hydrogens is 444 g/mol. The Kier molecular flexibility index (Phi) is 8.72. The van der Waals surface area contributed by atoms with Gasteiger partial charge in [0.05, 0.1) is 44.5 Å². The Morgan fingerprint density at radius 1 is 1.15 bits per heavy atom. The molecule has 1 amide bonds. The largest absolute Gasteiger partial charge is 0.497 e. The first-order valence-electron chi connectivity index (χ1n) is 10.6. The Labute approximate surface area is 197 Å². The number of methoxy groups -OCH3 is 3. The van der Waals surface area contributed by atoms with Gasteiger partial charge < -0.3 is 24.8 Å². The second-order valence-corrected chi connectivity index (χ2v) is 8.91. The number of benzene rings is 1. The first-order valence-corrected chi connectivity index (χ1v) is 11.5. The predicted octanol–water partition coefficient (Wildman–Crippen LogP) is 2.83. The molecule has 1 aromatic carbocycles. The Balaban J connectivity index is 1.75. The van der Waals surface area contributed by atoms with Crippen LogP contribution in [0.15, 0.2) is 29.6 Å². The van der Waals surface area contributed by atoms with Crippen LogP contribution in [-0.2, 0) is 11.3 Å². The summed E-state index contributed by atoms with van der Waals surface area (Å²) in [5, 5.41) is 12.5. The van der Waals surface area contributed by atoms with Gasteiger partial charge in [-0.25, -0.2) is 14.6 Å². The van der Waals surface area contributed by atoms with Gasteiger partial charge in [-0.15, -0.1) is 0 Å². The smallest absolute Gasteiger partial charge is 0.255 e. The zero-order chi connectivity index (χ0) is 23.8. The van der Waals surface area contributed by atoms with Gasteiger partial charge in [0.25, 0.3) is 5.91 Å². The van der Waals surface area contributed by atoms with Crippen molar-refractivity contribution in [3.8, 4) is 11.5 Å². The van der Waals surface area contributed by atoms with Crippen LogP contribution >= 0.6 is 11.8 Å². The van der Waals surface area contributed by atoms with E-state index in [4.69, 9.17) is 19.2 Å². The SMILES string of the molecule is COCCNc1nc(SC(C)C)nc2c1cnn2CCNC(=O)c1ccc(OC)cc1OC. The number of ether oxygens (including phenoxy) is 3. The number of anilines is 1. The number of aromatic nitrogens is 4. The third-order valence-electron chi connectivity index (χ3n) is 4.68. The lowest BCUT2D eigenvalue weighted by molar-refractivity contribution is 0.0949. The molecule has 0 unspecified atom stereocenters. The topological polar surface area (TPSA) is 112 Å². The van der Waals surface area contributed by atoms with Crippen molar-refractivity contribution in [2.24, 2.45) is 0 Å². The molecule has 0 spiro atoms. The van der Waals surface area contributed by atoms with E-state index < -0.39 is 0 Å². The lowest BCUT2D eigenvalue weighted by Gasteiger charge is -2.12. The zero-order valence-electron chi connectivity index (χ0n) is 19.5. The number of amides is 1. The number of hydrogen-bond acceptors (Lipinski definition) is 9. The Morgan fingerprint density at radius 2 is 1.97 bits per heavy atom. The molecule has 10 nitrogen and oxygen atoms in total. The highest BCUT2D eigenvalue weighted by Crippen LogP contribution is 2.27. The van der Waals surface area contributed by atoms with Crippen molar-refractivity contribution in [1.29, 1.82) is 0 Å². The molecule has 0 atom stereocenters. The average molecular weight is 475 g/mol. The molecule has 2 N–H and O–H groups in total. The number of rotatable bonds is 12. The van der Waals surface area contributed by atoms with E-state index >= 15 is 0 Å². The maximum atomic E-state index is 12.7. The fourth-order valence-electron chi connectivity index (χ4n) is 3.13. The summed E-state index contributed by atoms with van der Waals surface area (Å²) < 4.78 is 17.4. The van der Waals surface area contributed by atoms with Crippen LogP contribution < -0.4 is 20.1 Å². The summed E-state index contributed by atoms with van der Waals surface area (Å²) >= 11 is 1.58. The summed E-state index contributed by atoms with van der Waals surface area (Å²) in [5.41, 5.74) is 1.15. The van der Waals surface area contributed by atoms with E-state index in [0.29, 0.717) is 59.4 Å². The van der Waals surface area contributed by atoms with Crippen molar-refractivity contribution < 1.29 is 19.0 Å². The quantitative estimate of drug-likeness (QED) is 0.232. The molecule has 0 aliphatic carbocycles. The molecule has 2 heterocycles. The number of nitrogens with zero attached hydrogens (tertiary/aromatic N) is 4. The molecule has 0 saturated heterocycles. The van der Waals surface area contributed by atoms with Crippen molar-refractivity contribution >= 4 is 34.5 Å². The molecule has 2 aromatic heterocycles. The molecule has 0 radical (unpaired) electrons. The second-order valence-electron chi connectivity index (χ2n) is 7.37.